The molecule has 0 radical (unpaired) electrons. The lowest BCUT2D eigenvalue weighted by Crippen LogP contribution is -2.30. The number of nitrogens with zero attached hydrogens (tertiary/aromatic N) is 2. The summed E-state index contributed by atoms with van der Waals surface area (Å²) in [4.78, 5) is 5.54. The van der Waals surface area contributed by atoms with Crippen molar-refractivity contribution in [2.45, 2.75) is 38.6 Å². The number of methoxy groups -OCH3 is 1. The minimum Gasteiger partial charge on any atom is -0.495 e. The zero-order valence-corrected chi connectivity index (χ0v) is 15.9. The fraction of sp³-hybridized carbons (Fsp3) is 0.438. The minimum absolute atomic E-state index is 0.188. The molecule has 126 valence electrons. The van der Waals surface area contributed by atoms with Crippen LogP contribution in [0, 0.1) is 20.8 Å². The van der Waals surface area contributed by atoms with Crippen molar-refractivity contribution in [2.75, 3.05) is 14.2 Å². The first-order chi connectivity index (χ1) is 10.7. The number of benzene rings is 1. The summed E-state index contributed by atoms with van der Waals surface area (Å²) in [5.41, 5.74) is 1.74. The smallest absolute Gasteiger partial charge is 0.247 e. The molecule has 0 saturated heterocycles. The average molecular weight is 354 g/mol. The number of hydrogen-bond acceptors (Lipinski definition) is 5. The van der Waals surface area contributed by atoms with Gasteiger partial charge in [-0.25, -0.2) is 13.4 Å². The highest BCUT2D eigenvalue weighted by Gasteiger charge is 2.31. The molecule has 1 atom stereocenters. The van der Waals surface area contributed by atoms with Crippen molar-refractivity contribution in [2.24, 2.45) is 0 Å². The van der Waals surface area contributed by atoms with Gasteiger partial charge in [0.2, 0.25) is 10.0 Å². The third-order valence-electron chi connectivity index (χ3n) is 3.84. The number of thiazole rings is 1. The second-order valence-corrected chi connectivity index (χ2v) is 8.73. The van der Waals surface area contributed by atoms with Gasteiger partial charge in [0.15, 0.2) is 0 Å². The fourth-order valence-electron chi connectivity index (χ4n) is 2.45. The van der Waals surface area contributed by atoms with E-state index in [9.17, 15) is 8.42 Å². The zero-order valence-electron chi connectivity index (χ0n) is 14.2. The van der Waals surface area contributed by atoms with Crippen LogP contribution in [0.5, 0.6) is 5.75 Å². The normalized spacial score (nSPS) is 13.3. The maximum atomic E-state index is 13.0. The predicted octanol–water partition coefficient (Wildman–Crippen LogP) is 3.46. The minimum atomic E-state index is -3.67. The summed E-state index contributed by atoms with van der Waals surface area (Å²) < 4.78 is 32.7. The Morgan fingerprint density at radius 2 is 1.91 bits per heavy atom. The molecular weight excluding hydrogens is 332 g/mol. The van der Waals surface area contributed by atoms with Gasteiger partial charge in [0.1, 0.15) is 10.6 Å². The molecule has 0 spiro atoms. The molecular formula is C16H22N2O3S2. The van der Waals surface area contributed by atoms with E-state index in [1.165, 1.54) is 22.8 Å². The first-order valence-electron chi connectivity index (χ1n) is 7.25. The molecule has 1 aromatic carbocycles. The van der Waals surface area contributed by atoms with Crippen LogP contribution >= 0.6 is 11.3 Å². The highest BCUT2D eigenvalue weighted by Crippen LogP contribution is 2.34. The van der Waals surface area contributed by atoms with E-state index < -0.39 is 10.0 Å². The highest BCUT2D eigenvalue weighted by atomic mass is 32.2. The first-order valence-corrected chi connectivity index (χ1v) is 9.50. The molecule has 1 heterocycles. The van der Waals surface area contributed by atoms with E-state index in [4.69, 9.17) is 4.74 Å². The van der Waals surface area contributed by atoms with Gasteiger partial charge in [0.25, 0.3) is 0 Å². The van der Waals surface area contributed by atoms with Crippen molar-refractivity contribution >= 4 is 21.4 Å². The number of aromatic nitrogens is 1. The maximum Gasteiger partial charge on any atom is 0.247 e. The van der Waals surface area contributed by atoms with Crippen molar-refractivity contribution < 1.29 is 13.2 Å². The highest BCUT2D eigenvalue weighted by molar-refractivity contribution is 7.89. The molecule has 0 fully saturated rings. The Balaban J connectivity index is 2.47. The Hall–Kier alpha value is -1.44. The summed E-state index contributed by atoms with van der Waals surface area (Å²) in [7, 11) is -0.602. The molecule has 0 saturated carbocycles. The van der Waals surface area contributed by atoms with Crippen molar-refractivity contribution in [3.63, 3.8) is 0 Å². The molecule has 7 heteroatoms. The topological polar surface area (TPSA) is 59.5 Å². The second-order valence-electron chi connectivity index (χ2n) is 5.53. The Morgan fingerprint density at radius 1 is 1.26 bits per heavy atom. The Bertz CT molecular complexity index is 813. The van der Waals surface area contributed by atoms with Crippen LogP contribution in [0.2, 0.25) is 0 Å². The van der Waals surface area contributed by atoms with E-state index in [1.807, 2.05) is 33.8 Å². The quantitative estimate of drug-likeness (QED) is 0.825. The lowest BCUT2D eigenvalue weighted by molar-refractivity contribution is 0.383. The zero-order chi connectivity index (χ0) is 17.4. The number of rotatable bonds is 5. The van der Waals surface area contributed by atoms with Crippen LogP contribution < -0.4 is 4.74 Å². The largest absolute Gasteiger partial charge is 0.495 e. The van der Waals surface area contributed by atoms with Gasteiger partial charge in [0.05, 0.1) is 23.9 Å². The number of ether oxygens (including phenoxy) is 1. The maximum absolute atomic E-state index is 13.0. The van der Waals surface area contributed by atoms with E-state index in [0.29, 0.717) is 5.75 Å². The van der Waals surface area contributed by atoms with Crippen LogP contribution in [0.1, 0.15) is 34.1 Å². The summed E-state index contributed by atoms with van der Waals surface area (Å²) in [5.74, 6) is 0.354. The molecule has 23 heavy (non-hydrogen) atoms. The summed E-state index contributed by atoms with van der Waals surface area (Å²) in [6, 6.07) is 4.86. The van der Waals surface area contributed by atoms with E-state index in [1.54, 1.807) is 19.2 Å². The molecule has 2 aromatic rings. The van der Waals surface area contributed by atoms with Crippen LogP contribution in [0.25, 0.3) is 0 Å². The molecule has 0 amide bonds. The number of hydrogen-bond donors (Lipinski definition) is 0. The monoisotopic (exact) mass is 354 g/mol. The number of aryl methyl sites for hydroxylation is 3. The fourth-order valence-corrected chi connectivity index (χ4v) is 5.11. The van der Waals surface area contributed by atoms with Crippen LogP contribution in [0.4, 0.5) is 0 Å². The van der Waals surface area contributed by atoms with Gasteiger partial charge in [-0.3, -0.25) is 0 Å². The summed E-state index contributed by atoms with van der Waals surface area (Å²) in [6.45, 7) is 7.56. The van der Waals surface area contributed by atoms with Crippen LogP contribution in [-0.2, 0) is 10.0 Å². The third-order valence-corrected chi connectivity index (χ3v) is 7.03. The summed E-state index contributed by atoms with van der Waals surface area (Å²) >= 11 is 1.53. The van der Waals surface area contributed by atoms with Crippen LogP contribution in [-0.4, -0.2) is 31.9 Å². The van der Waals surface area contributed by atoms with Gasteiger partial charge in [-0.05, 0) is 45.4 Å². The molecule has 1 unspecified atom stereocenters. The van der Waals surface area contributed by atoms with Gasteiger partial charge in [-0.1, -0.05) is 6.07 Å². The van der Waals surface area contributed by atoms with Crippen LogP contribution in [0.15, 0.2) is 23.1 Å². The average Bonchev–Trinajstić information content (AvgIpc) is 2.84. The molecule has 0 N–H and O–H groups in total. The second kappa shape index (κ2) is 6.59. The van der Waals surface area contributed by atoms with Gasteiger partial charge in [-0.15, -0.1) is 11.3 Å². The lowest BCUT2D eigenvalue weighted by atomic mass is 10.2. The van der Waals surface area contributed by atoms with E-state index >= 15 is 0 Å². The van der Waals surface area contributed by atoms with Crippen molar-refractivity contribution in [3.05, 3.63) is 39.3 Å². The van der Waals surface area contributed by atoms with Crippen molar-refractivity contribution in [1.29, 1.82) is 0 Å². The molecule has 1 aromatic heterocycles. The summed E-state index contributed by atoms with van der Waals surface area (Å²) in [6.07, 6.45) is 0. The summed E-state index contributed by atoms with van der Waals surface area (Å²) in [5, 5.41) is 0.934. The molecule has 0 bridgehead atoms. The molecule has 0 aliphatic carbocycles. The van der Waals surface area contributed by atoms with Gasteiger partial charge in [0, 0.05) is 11.9 Å². The van der Waals surface area contributed by atoms with Crippen molar-refractivity contribution in [3.8, 4) is 5.75 Å². The first kappa shape index (κ1) is 17.9. The number of sulfonamides is 1. The Kier molecular flexibility index (Phi) is 5.13. The molecule has 2 rings (SSSR count). The third kappa shape index (κ3) is 3.41. The predicted molar refractivity (Wildman–Crippen MR) is 92.7 cm³/mol. The van der Waals surface area contributed by atoms with Gasteiger partial charge >= 0.3 is 0 Å². The SMILES string of the molecule is COc1ccc(C)cc1S(=O)(=O)N(C)C(C)c1sc(C)nc1C. The molecule has 5 nitrogen and oxygen atoms in total. The lowest BCUT2D eigenvalue weighted by Gasteiger charge is -2.25. The Morgan fingerprint density at radius 3 is 2.43 bits per heavy atom. The van der Waals surface area contributed by atoms with E-state index in [-0.39, 0.29) is 10.9 Å². The Labute approximate surface area is 142 Å². The van der Waals surface area contributed by atoms with Crippen LogP contribution in [0.3, 0.4) is 0 Å². The van der Waals surface area contributed by atoms with Gasteiger partial charge < -0.3 is 4.74 Å². The van der Waals surface area contributed by atoms with Crippen molar-refractivity contribution in [1.82, 2.24) is 9.29 Å². The van der Waals surface area contributed by atoms with Gasteiger partial charge in [-0.2, -0.15) is 4.31 Å². The standard InChI is InChI=1S/C16H22N2O3S2/c1-10-7-8-14(21-6)15(9-10)23(19,20)18(5)12(3)16-11(2)17-13(4)22-16/h7-9,12H,1-6H3. The van der Waals surface area contributed by atoms with E-state index in [0.717, 1.165) is 21.1 Å². The molecule has 0 aliphatic heterocycles. The van der Waals surface area contributed by atoms with E-state index in [2.05, 4.69) is 4.98 Å². The molecule has 0 aliphatic rings.